The molecule has 0 bridgehead atoms. The molecular formula is C13H15NO5. The second kappa shape index (κ2) is 7.15. The number of ether oxygens (including phenoxy) is 2. The fourth-order valence-corrected chi connectivity index (χ4v) is 1.25. The second-order valence-electron chi connectivity index (χ2n) is 3.63. The summed E-state index contributed by atoms with van der Waals surface area (Å²) in [4.78, 5) is 33.5. The van der Waals surface area contributed by atoms with E-state index in [1.165, 1.54) is 19.2 Å². The van der Waals surface area contributed by atoms with Crippen molar-refractivity contribution in [3.05, 3.63) is 29.8 Å². The van der Waals surface area contributed by atoms with Crippen molar-refractivity contribution in [2.24, 2.45) is 0 Å². The number of hydrogen-bond donors (Lipinski definition) is 1. The second-order valence-corrected chi connectivity index (χ2v) is 3.63. The van der Waals surface area contributed by atoms with E-state index in [1.54, 1.807) is 19.1 Å². The minimum absolute atomic E-state index is 0.223. The highest BCUT2D eigenvalue weighted by atomic mass is 16.5. The summed E-state index contributed by atoms with van der Waals surface area (Å²) in [5.74, 6) is -1.32. The predicted molar refractivity (Wildman–Crippen MR) is 67.7 cm³/mol. The molecule has 102 valence electrons. The van der Waals surface area contributed by atoms with Gasteiger partial charge in [-0.1, -0.05) is 6.92 Å². The van der Waals surface area contributed by atoms with Crippen LogP contribution in [0.25, 0.3) is 0 Å². The molecule has 1 rings (SSSR count). The quantitative estimate of drug-likeness (QED) is 0.813. The Kier molecular flexibility index (Phi) is 5.53. The first-order valence-electron chi connectivity index (χ1n) is 5.70. The van der Waals surface area contributed by atoms with Gasteiger partial charge in [-0.3, -0.25) is 9.59 Å². The molecule has 0 unspecified atom stereocenters. The molecule has 0 heterocycles. The van der Waals surface area contributed by atoms with Gasteiger partial charge in [0.15, 0.2) is 6.61 Å². The molecule has 0 radical (unpaired) electrons. The summed E-state index contributed by atoms with van der Waals surface area (Å²) in [5, 5.41) is 2.54. The lowest BCUT2D eigenvalue weighted by atomic mass is 10.2. The maximum absolute atomic E-state index is 11.4. The highest BCUT2D eigenvalue weighted by molar-refractivity contribution is 5.94. The lowest BCUT2D eigenvalue weighted by Crippen LogP contribution is -2.20. The Hall–Kier alpha value is -2.37. The maximum atomic E-state index is 11.4. The molecule has 19 heavy (non-hydrogen) atoms. The lowest BCUT2D eigenvalue weighted by Gasteiger charge is -2.06. The zero-order valence-electron chi connectivity index (χ0n) is 10.8. The smallest absolute Gasteiger partial charge is 0.337 e. The standard InChI is InChI=1S/C13H15NO5/c1-3-12(16)19-8-11(15)14-10-6-4-9(5-7-10)13(17)18-2/h4-7H,3,8H2,1-2H3,(H,14,15). The Morgan fingerprint density at radius 2 is 1.79 bits per heavy atom. The van der Waals surface area contributed by atoms with E-state index in [4.69, 9.17) is 0 Å². The number of benzene rings is 1. The van der Waals surface area contributed by atoms with Gasteiger partial charge in [0.1, 0.15) is 0 Å². The molecule has 0 aliphatic carbocycles. The third kappa shape index (κ3) is 4.79. The molecular weight excluding hydrogens is 250 g/mol. The molecule has 1 aromatic carbocycles. The van der Waals surface area contributed by atoms with Crippen LogP contribution in [-0.2, 0) is 19.1 Å². The number of esters is 2. The van der Waals surface area contributed by atoms with Crippen LogP contribution in [-0.4, -0.2) is 31.6 Å². The number of hydrogen-bond acceptors (Lipinski definition) is 5. The van der Waals surface area contributed by atoms with E-state index >= 15 is 0 Å². The number of carbonyl (C=O) groups excluding carboxylic acids is 3. The summed E-state index contributed by atoms with van der Waals surface area (Å²) in [5.41, 5.74) is 0.892. The van der Waals surface area contributed by atoms with Crippen molar-refractivity contribution < 1.29 is 23.9 Å². The highest BCUT2D eigenvalue weighted by Gasteiger charge is 2.08. The number of rotatable bonds is 5. The van der Waals surface area contributed by atoms with Crippen molar-refractivity contribution >= 4 is 23.5 Å². The van der Waals surface area contributed by atoms with Crippen LogP contribution in [0.1, 0.15) is 23.7 Å². The number of amides is 1. The molecule has 6 nitrogen and oxygen atoms in total. The first kappa shape index (κ1) is 14.7. The van der Waals surface area contributed by atoms with Gasteiger partial charge in [-0.15, -0.1) is 0 Å². The Bertz CT molecular complexity index is 466. The third-order valence-corrected chi connectivity index (χ3v) is 2.24. The normalized spacial score (nSPS) is 9.58. The molecule has 0 aliphatic heterocycles. The molecule has 0 saturated heterocycles. The van der Waals surface area contributed by atoms with E-state index in [2.05, 4.69) is 14.8 Å². The van der Waals surface area contributed by atoms with E-state index in [0.29, 0.717) is 11.3 Å². The summed E-state index contributed by atoms with van der Waals surface area (Å²) < 4.78 is 9.23. The molecule has 1 amide bonds. The van der Waals surface area contributed by atoms with Gasteiger partial charge < -0.3 is 14.8 Å². The summed E-state index contributed by atoms with van der Waals surface area (Å²) in [6, 6.07) is 6.18. The van der Waals surface area contributed by atoms with Crippen molar-refractivity contribution in [3.8, 4) is 0 Å². The average Bonchev–Trinajstić information content (AvgIpc) is 2.44. The molecule has 0 atom stereocenters. The minimum atomic E-state index is -0.449. The monoisotopic (exact) mass is 265 g/mol. The Labute approximate surface area is 110 Å². The Morgan fingerprint density at radius 1 is 1.16 bits per heavy atom. The first-order chi connectivity index (χ1) is 9.06. The van der Waals surface area contributed by atoms with E-state index in [9.17, 15) is 14.4 Å². The number of anilines is 1. The van der Waals surface area contributed by atoms with Gasteiger partial charge in [-0.05, 0) is 24.3 Å². The Morgan fingerprint density at radius 3 is 2.32 bits per heavy atom. The Balaban J connectivity index is 2.51. The van der Waals surface area contributed by atoms with Crippen LogP contribution in [0.3, 0.4) is 0 Å². The van der Waals surface area contributed by atoms with Crippen molar-refractivity contribution in [3.63, 3.8) is 0 Å². The molecule has 1 N–H and O–H groups in total. The van der Waals surface area contributed by atoms with E-state index in [1.807, 2.05) is 0 Å². The lowest BCUT2D eigenvalue weighted by molar-refractivity contribution is -0.146. The fraction of sp³-hybridized carbons (Fsp3) is 0.308. The topological polar surface area (TPSA) is 81.7 Å². The van der Waals surface area contributed by atoms with Gasteiger partial charge in [-0.2, -0.15) is 0 Å². The molecule has 6 heteroatoms. The summed E-state index contributed by atoms with van der Waals surface area (Å²) in [6.07, 6.45) is 0.223. The minimum Gasteiger partial charge on any atom is -0.465 e. The van der Waals surface area contributed by atoms with Crippen LogP contribution < -0.4 is 5.32 Å². The van der Waals surface area contributed by atoms with Crippen molar-refractivity contribution in [1.82, 2.24) is 0 Å². The molecule has 0 aromatic heterocycles. The van der Waals surface area contributed by atoms with Gasteiger partial charge >= 0.3 is 11.9 Å². The SMILES string of the molecule is CCC(=O)OCC(=O)Nc1ccc(C(=O)OC)cc1. The number of methoxy groups -OCH3 is 1. The molecule has 0 spiro atoms. The first-order valence-corrected chi connectivity index (χ1v) is 5.70. The van der Waals surface area contributed by atoms with Gasteiger partial charge in [0.05, 0.1) is 12.7 Å². The molecule has 0 saturated carbocycles. The van der Waals surface area contributed by atoms with E-state index < -0.39 is 17.8 Å². The van der Waals surface area contributed by atoms with Crippen molar-refractivity contribution in [1.29, 1.82) is 0 Å². The van der Waals surface area contributed by atoms with Crippen LogP contribution in [0.4, 0.5) is 5.69 Å². The zero-order chi connectivity index (χ0) is 14.3. The molecule has 1 aromatic rings. The summed E-state index contributed by atoms with van der Waals surface area (Å²) in [7, 11) is 1.29. The average molecular weight is 265 g/mol. The van der Waals surface area contributed by atoms with Gasteiger partial charge in [0, 0.05) is 12.1 Å². The predicted octanol–water partition coefficient (Wildman–Crippen LogP) is 1.36. The number of nitrogens with one attached hydrogen (secondary N) is 1. The van der Waals surface area contributed by atoms with Gasteiger partial charge in [0.2, 0.25) is 0 Å². The highest BCUT2D eigenvalue weighted by Crippen LogP contribution is 2.10. The van der Waals surface area contributed by atoms with Crippen molar-refractivity contribution in [2.75, 3.05) is 19.0 Å². The van der Waals surface area contributed by atoms with Crippen LogP contribution >= 0.6 is 0 Å². The molecule has 0 aliphatic rings. The fourth-order valence-electron chi connectivity index (χ4n) is 1.25. The summed E-state index contributed by atoms with van der Waals surface area (Å²) >= 11 is 0. The summed E-state index contributed by atoms with van der Waals surface area (Å²) in [6.45, 7) is 1.32. The van der Waals surface area contributed by atoms with Gasteiger partial charge in [0.25, 0.3) is 5.91 Å². The van der Waals surface area contributed by atoms with E-state index in [-0.39, 0.29) is 13.0 Å². The number of carbonyl (C=O) groups is 3. The van der Waals surface area contributed by atoms with Crippen LogP contribution in [0, 0.1) is 0 Å². The van der Waals surface area contributed by atoms with Crippen LogP contribution in [0.5, 0.6) is 0 Å². The van der Waals surface area contributed by atoms with Crippen molar-refractivity contribution in [2.45, 2.75) is 13.3 Å². The maximum Gasteiger partial charge on any atom is 0.337 e. The van der Waals surface area contributed by atoms with Gasteiger partial charge in [-0.25, -0.2) is 4.79 Å². The van der Waals surface area contributed by atoms with Crippen LogP contribution in [0.15, 0.2) is 24.3 Å². The van der Waals surface area contributed by atoms with Crippen LogP contribution in [0.2, 0.25) is 0 Å². The zero-order valence-corrected chi connectivity index (χ0v) is 10.8. The van der Waals surface area contributed by atoms with E-state index in [0.717, 1.165) is 0 Å². The molecule has 0 fully saturated rings. The third-order valence-electron chi connectivity index (χ3n) is 2.24. The largest absolute Gasteiger partial charge is 0.465 e.